The predicted octanol–water partition coefficient (Wildman–Crippen LogP) is 1.32. The van der Waals surface area contributed by atoms with Gasteiger partial charge in [-0.3, -0.25) is 19.8 Å². The third-order valence-corrected chi connectivity index (χ3v) is 4.50. The average molecular weight is 372 g/mol. The number of hydrogen-bond donors (Lipinski definition) is 1. The van der Waals surface area contributed by atoms with Crippen LogP contribution in [0.1, 0.15) is 11.3 Å². The Bertz CT molecular complexity index is 779. The van der Waals surface area contributed by atoms with E-state index in [1.807, 2.05) is 34.1 Å². The van der Waals surface area contributed by atoms with Gasteiger partial charge < -0.3 is 14.2 Å². The predicted molar refractivity (Wildman–Crippen MR) is 99.6 cm³/mol. The van der Waals surface area contributed by atoms with E-state index < -0.39 is 0 Å². The highest BCUT2D eigenvalue weighted by Crippen LogP contribution is 2.13. The van der Waals surface area contributed by atoms with Crippen LogP contribution in [0.15, 0.2) is 34.9 Å². The van der Waals surface area contributed by atoms with Gasteiger partial charge in [-0.25, -0.2) is 0 Å². The molecule has 8 nitrogen and oxygen atoms in total. The first-order valence-electron chi connectivity index (χ1n) is 8.90. The quantitative estimate of drug-likeness (QED) is 0.823. The molecule has 0 bridgehead atoms. The number of benzene rings is 1. The van der Waals surface area contributed by atoms with E-state index in [1.54, 1.807) is 20.1 Å². The summed E-state index contributed by atoms with van der Waals surface area (Å²) < 4.78 is 10.1. The summed E-state index contributed by atoms with van der Waals surface area (Å²) in [6.45, 7) is 4.61. The van der Waals surface area contributed by atoms with Gasteiger partial charge in [0.1, 0.15) is 5.75 Å². The number of carbonyl (C=O) groups is 2. The maximum atomic E-state index is 12.5. The minimum atomic E-state index is -0.149. The molecule has 2 heterocycles. The summed E-state index contributed by atoms with van der Waals surface area (Å²) >= 11 is 0. The zero-order valence-corrected chi connectivity index (χ0v) is 15.6. The zero-order chi connectivity index (χ0) is 19.2. The van der Waals surface area contributed by atoms with Crippen LogP contribution in [0.3, 0.4) is 0 Å². The number of nitrogens with one attached hydrogen (secondary N) is 1. The molecule has 2 amide bonds. The molecule has 8 heteroatoms. The van der Waals surface area contributed by atoms with E-state index in [9.17, 15) is 9.59 Å². The number of piperazine rings is 1. The fourth-order valence-electron chi connectivity index (χ4n) is 2.99. The minimum Gasteiger partial charge on any atom is -0.497 e. The Labute approximate surface area is 158 Å². The number of amides is 2. The molecule has 0 saturated carbocycles. The lowest BCUT2D eigenvalue weighted by Crippen LogP contribution is -2.50. The topological polar surface area (TPSA) is 87.9 Å². The Balaban J connectivity index is 1.42. The first-order chi connectivity index (χ1) is 13.0. The monoisotopic (exact) mass is 372 g/mol. The average Bonchev–Trinajstić information content (AvgIpc) is 3.07. The van der Waals surface area contributed by atoms with Gasteiger partial charge in [-0.15, -0.1) is 0 Å². The summed E-state index contributed by atoms with van der Waals surface area (Å²) in [6.07, 6.45) is 0.370. The van der Waals surface area contributed by atoms with Crippen LogP contribution in [0.4, 0.5) is 5.88 Å². The molecular formula is C19H24N4O4. The highest BCUT2D eigenvalue weighted by atomic mass is 16.5. The third kappa shape index (κ3) is 5.30. The number of aryl methyl sites for hydroxylation is 1. The molecule has 1 fully saturated rings. The molecule has 0 radical (unpaired) electrons. The lowest BCUT2D eigenvalue weighted by molar-refractivity contribution is -0.132. The normalized spacial score (nSPS) is 14.8. The molecule has 1 N–H and O–H groups in total. The molecule has 0 spiro atoms. The number of carbonyl (C=O) groups excluding carboxylic acids is 2. The largest absolute Gasteiger partial charge is 0.497 e. The number of ether oxygens (including phenoxy) is 1. The van der Waals surface area contributed by atoms with Crippen molar-refractivity contribution in [3.63, 3.8) is 0 Å². The molecule has 0 atom stereocenters. The van der Waals surface area contributed by atoms with E-state index in [2.05, 4.69) is 10.5 Å². The first-order valence-corrected chi connectivity index (χ1v) is 8.90. The Morgan fingerprint density at radius 1 is 1.19 bits per heavy atom. The fourth-order valence-corrected chi connectivity index (χ4v) is 2.99. The number of hydrogen-bond acceptors (Lipinski definition) is 6. The van der Waals surface area contributed by atoms with Crippen molar-refractivity contribution < 1.29 is 18.8 Å². The van der Waals surface area contributed by atoms with Crippen molar-refractivity contribution in [3.8, 4) is 5.75 Å². The van der Waals surface area contributed by atoms with Crippen molar-refractivity contribution in [1.82, 2.24) is 15.0 Å². The van der Waals surface area contributed by atoms with E-state index in [1.165, 1.54) is 0 Å². The second-order valence-electron chi connectivity index (χ2n) is 6.56. The van der Waals surface area contributed by atoms with Crippen LogP contribution in [0, 0.1) is 6.92 Å². The molecule has 27 heavy (non-hydrogen) atoms. The van der Waals surface area contributed by atoms with Crippen molar-refractivity contribution in [3.05, 3.63) is 41.6 Å². The van der Waals surface area contributed by atoms with E-state index in [4.69, 9.17) is 9.26 Å². The molecule has 1 aromatic carbocycles. The van der Waals surface area contributed by atoms with Crippen molar-refractivity contribution in [2.75, 3.05) is 45.2 Å². The fraction of sp³-hybridized carbons (Fsp3) is 0.421. The van der Waals surface area contributed by atoms with Crippen LogP contribution in [-0.2, 0) is 16.0 Å². The molecule has 1 aliphatic heterocycles. The van der Waals surface area contributed by atoms with Gasteiger partial charge in [-0.1, -0.05) is 17.3 Å². The van der Waals surface area contributed by atoms with E-state index in [-0.39, 0.29) is 18.4 Å². The van der Waals surface area contributed by atoms with Gasteiger partial charge >= 0.3 is 0 Å². The number of anilines is 1. The zero-order valence-electron chi connectivity index (χ0n) is 15.6. The molecule has 0 aliphatic carbocycles. The lowest BCUT2D eigenvalue weighted by atomic mass is 10.1. The SMILES string of the molecule is COc1ccc(CC(=O)N2CCN(CC(=O)Nc3cc(C)no3)CC2)cc1. The summed E-state index contributed by atoms with van der Waals surface area (Å²) in [6, 6.07) is 9.20. The first kappa shape index (κ1) is 18.9. The molecule has 2 aromatic rings. The summed E-state index contributed by atoms with van der Waals surface area (Å²) in [5.74, 6) is 1.08. The Kier molecular flexibility index (Phi) is 6.08. The molecule has 1 aromatic heterocycles. The van der Waals surface area contributed by atoms with Gasteiger partial charge in [-0.2, -0.15) is 0 Å². The van der Waals surface area contributed by atoms with Crippen molar-refractivity contribution in [2.24, 2.45) is 0 Å². The highest BCUT2D eigenvalue weighted by Gasteiger charge is 2.22. The molecule has 1 saturated heterocycles. The second-order valence-corrected chi connectivity index (χ2v) is 6.56. The summed E-state index contributed by atoms with van der Waals surface area (Å²) in [4.78, 5) is 28.4. The van der Waals surface area contributed by atoms with E-state index in [0.717, 1.165) is 11.3 Å². The highest BCUT2D eigenvalue weighted by molar-refractivity contribution is 5.91. The van der Waals surface area contributed by atoms with Crippen LogP contribution in [0.2, 0.25) is 0 Å². The van der Waals surface area contributed by atoms with Gasteiger partial charge in [0, 0.05) is 32.2 Å². The van der Waals surface area contributed by atoms with Gasteiger partial charge in [0.15, 0.2) is 0 Å². The van der Waals surface area contributed by atoms with Crippen molar-refractivity contribution in [1.29, 1.82) is 0 Å². The summed E-state index contributed by atoms with van der Waals surface area (Å²) in [7, 11) is 1.62. The molecular weight excluding hydrogens is 348 g/mol. The summed E-state index contributed by atoms with van der Waals surface area (Å²) in [5.41, 5.74) is 1.68. The number of aromatic nitrogens is 1. The van der Waals surface area contributed by atoms with E-state index in [0.29, 0.717) is 44.2 Å². The van der Waals surface area contributed by atoms with Gasteiger partial charge in [-0.05, 0) is 24.6 Å². The third-order valence-electron chi connectivity index (χ3n) is 4.50. The second kappa shape index (κ2) is 8.68. The van der Waals surface area contributed by atoms with Crippen molar-refractivity contribution in [2.45, 2.75) is 13.3 Å². The maximum absolute atomic E-state index is 12.5. The van der Waals surface area contributed by atoms with Crippen LogP contribution in [0.25, 0.3) is 0 Å². The van der Waals surface area contributed by atoms with Crippen molar-refractivity contribution >= 4 is 17.7 Å². The smallest absolute Gasteiger partial charge is 0.240 e. The molecule has 144 valence electrons. The van der Waals surface area contributed by atoms with Crippen LogP contribution in [0.5, 0.6) is 5.75 Å². The van der Waals surface area contributed by atoms with E-state index >= 15 is 0 Å². The standard InChI is InChI=1S/C19H24N4O4/c1-14-11-18(27-21-14)20-17(24)13-22-7-9-23(10-8-22)19(25)12-15-3-5-16(26-2)6-4-15/h3-6,11H,7-10,12-13H2,1-2H3,(H,20,24). The Hall–Kier alpha value is -2.87. The van der Waals surface area contributed by atoms with Gasteiger partial charge in [0.2, 0.25) is 17.7 Å². The molecule has 1 aliphatic rings. The van der Waals surface area contributed by atoms with Gasteiger partial charge in [0.05, 0.1) is 25.8 Å². The number of methoxy groups -OCH3 is 1. The number of rotatable bonds is 6. The number of nitrogens with zero attached hydrogens (tertiary/aromatic N) is 3. The maximum Gasteiger partial charge on any atom is 0.240 e. The lowest BCUT2D eigenvalue weighted by Gasteiger charge is -2.34. The van der Waals surface area contributed by atoms with Crippen LogP contribution < -0.4 is 10.1 Å². The van der Waals surface area contributed by atoms with Gasteiger partial charge in [0.25, 0.3) is 0 Å². The Morgan fingerprint density at radius 2 is 1.89 bits per heavy atom. The minimum absolute atomic E-state index is 0.0985. The molecule has 3 rings (SSSR count). The Morgan fingerprint density at radius 3 is 2.48 bits per heavy atom. The van der Waals surface area contributed by atoms with Crippen LogP contribution in [-0.4, -0.2) is 66.6 Å². The van der Waals surface area contributed by atoms with Crippen LogP contribution >= 0.6 is 0 Å². The molecule has 0 unspecified atom stereocenters. The summed E-state index contributed by atoms with van der Waals surface area (Å²) in [5, 5.41) is 6.42.